The third-order valence-electron chi connectivity index (χ3n) is 2.67. The van der Waals surface area contributed by atoms with Crippen LogP contribution < -0.4 is 15.8 Å². The van der Waals surface area contributed by atoms with E-state index >= 15 is 0 Å². The minimum Gasteiger partial charge on any atom is -0.496 e. The zero-order chi connectivity index (χ0) is 12.8. The third kappa shape index (κ3) is 3.91. The highest BCUT2D eigenvalue weighted by Crippen LogP contribution is 2.29. The van der Waals surface area contributed by atoms with Crippen LogP contribution >= 0.6 is 0 Å². The van der Waals surface area contributed by atoms with Crippen molar-refractivity contribution in [2.45, 2.75) is 25.9 Å². The Balaban J connectivity index is 2.78. The molecule has 4 N–H and O–H groups in total. The summed E-state index contributed by atoms with van der Waals surface area (Å²) in [6, 6.07) is 5.92. The number of rotatable bonds is 6. The molecule has 1 rings (SSSR count). The SMILES string of the molecule is COc1ccc(NCC(O)CN)cc1C(C)C. The van der Waals surface area contributed by atoms with Gasteiger partial charge < -0.3 is 20.9 Å². The third-order valence-corrected chi connectivity index (χ3v) is 2.67. The van der Waals surface area contributed by atoms with E-state index in [1.807, 2.05) is 18.2 Å². The maximum absolute atomic E-state index is 9.39. The molecule has 0 fully saturated rings. The van der Waals surface area contributed by atoms with E-state index in [9.17, 15) is 5.11 Å². The van der Waals surface area contributed by atoms with Gasteiger partial charge in [-0.1, -0.05) is 13.8 Å². The van der Waals surface area contributed by atoms with E-state index < -0.39 is 6.10 Å². The standard InChI is InChI=1S/C13H22N2O2/c1-9(2)12-6-10(4-5-13(12)17-3)15-8-11(16)7-14/h4-6,9,11,15-16H,7-8,14H2,1-3H3. The summed E-state index contributed by atoms with van der Waals surface area (Å²) in [6.45, 7) is 4.97. The largest absolute Gasteiger partial charge is 0.496 e. The van der Waals surface area contributed by atoms with Crippen molar-refractivity contribution in [3.63, 3.8) is 0 Å². The maximum Gasteiger partial charge on any atom is 0.122 e. The van der Waals surface area contributed by atoms with Gasteiger partial charge in [0.15, 0.2) is 0 Å². The molecule has 0 spiro atoms. The molecule has 0 heterocycles. The summed E-state index contributed by atoms with van der Waals surface area (Å²) in [7, 11) is 1.67. The molecule has 4 nitrogen and oxygen atoms in total. The summed E-state index contributed by atoms with van der Waals surface area (Å²) in [5.74, 6) is 1.29. The van der Waals surface area contributed by atoms with E-state index in [1.165, 1.54) is 0 Å². The molecule has 0 aliphatic rings. The minimum absolute atomic E-state index is 0.264. The van der Waals surface area contributed by atoms with Gasteiger partial charge in [0, 0.05) is 18.8 Å². The predicted octanol–water partition coefficient (Wildman–Crippen LogP) is 1.55. The van der Waals surface area contributed by atoms with Crippen LogP contribution in [-0.4, -0.2) is 31.4 Å². The molecule has 17 heavy (non-hydrogen) atoms. The van der Waals surface area contributed by atoms with Gasteiger partial charge in [-0.3, -0.25) is 0 Å². The van der Waals surface area contributed by atoms with Crippen LogP contribution in [0.1, 0.15) is 25.3 Å². The van der Waals surface area contributed by atoms with Crippen LogP contribution in [0.2, 0.25) is 0 Å². The van der Waals surface area contributed by atoms with Gasteiger partial charge >= 0.3 is 0 Å². The highest BCUT2D eigenvalue weighted by Gasteiger charge is 2.08. The number of benzene rings is 1. The topological polar surface area (TPSA) is 67.5 Å². The van der Waals surface area contributed by atoms with E-state index in [4.69, 9.17) is 10.5 Å². The Hall–Kier alpha value is -1.26. The molecule has 4 heteroatoms. The molecule has 0 saturated carbocycles. The van der Waals surface area contributed by atoms with Gasteiger partial charge in [0.25, 0.3) is 0 Å². The summed E-state index contributed by atoms with van der Waals surface area (Å²) in [5, 5.41) is 12.5. The zero-order valence-electron chi connectivity index (χ0n) is 10.7. The number of aliphatic hydroxyl groups is 1. The molecule has 1 unspecified atom stereocenters. The Bertz CT molecular complexity index is 353. The van der Waals surface area contributed by atoms with Crippen molar-refractivity contribution < 1.29 is 9.84 Å². The van der Waals surface area contributed by atoms with Crippen LogP contribution in [0, 0.1) is 0 Å². The van der Waals surface area contributed by atoms with Crippen LogP contribution in [0.5, 0.6) is 5.75 Å². The average molecular weight is 238 g/mol. The van der Waals surface area contributed by atoms with Crippen molar-refractivity contribution in [3.8, 4) is 5.75 Å². The molecule has 0 amide bonds. The average Bonchev–Trinajstić information content (AvgIpc) is 2.35. The van der Waals surface area contributed by atoms with Crippen LogP contribution in [0.4, 0.5) is 5.69 Å². The lowest BCUT2D eigenvalue weighted by molar-refractivity contribution is 0.196. The van der Waals surface area contributed by atoms with E-state index in [1.54, 1.807) is 7.11 Å². The number of nitrogens with one attached hydrogen (secondary N) is 1. The van der Waals surface area contributed by atoms with Crippen molar-refractivity contribution in [2.24, 2.45) is 5.73 Å². The molecule has 0 aliphatic carbocycles. The van der Waals surface area contributed by atoms with E-state index in [-0.39, 0.29) is 6.54 Å². The Kier molecular flexibility index (Phi) is 5.25. The number of nitrogens with two attached hydrogens (primary N) is 1. The van der Waals surface area contributed by atoms with Crippen LogP contribution in [-0.2, 0) is 0 Å². The minimum atomic E-state index is -0.514. The highest BCUT2D eigenvalue weighted by atomic mass is 16.5. The first kappa shape index (κ1) is 13.8. The second-order valence-corrected chi connectivity index (χ2v) is 4.38. The molecule has 96 valence electrons. The Labute approximate surface area is 103 Å². The molecule has 0 radical (unpaired) electrons. The van der Waals surface area contributed by atoms with Crippen molar-refractivity contribution in [3.05, 3.63) is 23.8 Å². The number of aliphatic hydroxyl groups excluding tert-OH is 1. The maximum atomic E-state index is 9.39. The predicted molar refractivity (Wildman–Crippen MR) is 70.6 cm³/mol. The van der Waals surface area contributed by atoms with Gasteiger partial charge in [-0.25, -0.2) is 0 Å². The van der Waals surface area contributed by atoms with Crippen molar-refractivity contribution >= 4 is 5.69 Å². The highest BCUT2D eigenvalue weighted by molar-refractivity contribution is 5.52. The first-order valence-electron chi connectivity index (χ1n) is 5.88. The molecule has 0 saturated heterocycles. The molecule has 0 aliphatic heterocycles. The van der Waals surface area contributed by atoms with E-state index in [0.29, 0.717) is 12.5 Å². The van der Waals surface area contributed by atoms with E-state index in [2.05, 4.69) is 19.2 Å². The quantitative estimate of drug-likeness (QED) is 0.703. The fourth-order valence-corrected chi connectivity index (χ4v) is 1.61. The summed E-state index contributed by atoms with van der Waals surface area (Å²) in [5.41, 5.74) is 7.48. The van der Waals surface area contributed by atoms with Crippen molar-refractivity contribution in [1.82, 2.24) is 0 Å². The Morgan fingerprint density at radius 3 is 2.65 bits per heavy atom. The summed E-state index contributed by atoms with van der Waals surface area (Å²) < 4.78 is 5.31. The second kappa shape index (κ2) is 6.47. The first-order chi connectivity index (χ1) is 8.08. The van der Waals surface area contributed by atoms with Gasteiger partial charge in [-0.05, 0) is 29.7 Å². The normalized spacial score (nSPS) is 12.6. The molecular formula is C13H22N2O2. The Morgan fingerprint density at radius 2 is 2.12 bits per heavy atom. The number of hydrogen-bond donors (Lipinski definition) is 3. The Morgan fingerprint density at radius 1 is 1.41 bits per heavy atom. The molecule has 0 bridgehead atoms. The number of methoxy groups -OCH3 is 1. The molecule has 0 aromatic heterocycles. The molecule has 1 atom stereocenters. The molecule has 1 aromatic rings. The van der Waals surface area contributed by atoms with Gasteiger partial charge in [0.2, 0.25) is 0 Å². The van der Waals surface area contributed by atoms with E-state index in [0.717, 1.165) is 17.0 Å². The number of ether oxygens (including phenoxy) is 1. The lowest BCUT2D eigenvalue weighted by atomic mass is 10.0. The molecular weight excluding hydrogens is 216 g/mol. The van der Waals surface area contributed by atoms with Crippen LogP contribution in [0.25, 0.3) is 0 Å². The smallest absolute Gasteiger partial charge is 0.122 e. The van der Waals surface area contributed by atoms with Gasteiger partial charge in [0.1, 0.15) is 5.75 Å². The summed E-state index contributed by atoms with van der Waals surface area (Å²) in [4.78, 5) is 0. The number of anilines is 1. The summed E-state index contributed by atoms with van der Waals surface area (Å²) >= 11 is 0. The lowest BCUT2D eigenvalue weighted by Crippen LogP contribution is -2.27. The van der Waals surface area contributed by atoms with Gasteiger partial charge in [0.05, 0.1) is 13.2 Å². The van der Waals surface area contributed by atoms with Crippen molar-refractivity contribution in [1.29, 1.82) is 0 Å². The first-order valence-corrected chi connectivity index (χ1v) is 5.88. The van der Waals surface area contributed by atoms with Crippen LogP contribution in [0.3, 0.4) is 0 Å². The summed E-state index contributed by atoms with van der Waals surface area (Å²) in [6.07, 6.45) is -0.514. The fraction of sp³-hybridized carbons (Fsp3) is 0.538. The van der Waals surface area contributed by atoms with Gasteiger partial charge in [-0.15, -0.1) is 0 Å². The second-order valence-electron chi connectivity index (χ2n) is 4.38. The zero-order valence-corrected chi connectivity index (χ0v) is 10.7. The monoisotopic (exact) mass is 238 g/mol. The molecule has 1 aromatic carbocycles. The number of hydrogen-bond acceptors (Lipinski definition) is 4. The van der Waals surface area contributed by atoms with Crippen molar-refractivity contribution in [2.75, 3.05) is 25.5 Å². The lowest BCUT2D eigenvalue weighted by Gasteiger charge is -2.15. The van der Waals surface area contributed by atoms with Crippen LogP contribution in [0.15, 0.2) is 18.2 Å². The fourth-order valence-electron chi connectivity index (χ4n) is 1.61. The van der Waals surface area contributed by atoms with Gasteiger partial charge in [-0.2, -0.15) is 0 Å².